The summed E-state index contributed by atoms with van der Waals surface area (Å²) in [4.78, 5) is 11.6. The summed E-state index contributed by atoms with van der Waals surface area (Å²) in [5.41, 5.74) is 2.34. The fourth-order valence-corrected chi connectivity index (χ4v) is 1.85. The highest BCUT2D eigenvalue weighted by Crippen LogP contribution is 2.08. The van der Waals surface area contributed by atoms with Crippen molar-refractivity contribution in [3.63, 3.8) is 0 Å². The van der Waals surface area contributed by atoms with Crippen LogP contribution in [0.3, 0.4) is 0 Å². The third kappa shape index (κ3) is 6.39. The minimum Gasteiger partial charge on any atom is -0.295 e. The van der Waals surface area contributed by atoms with Crippen LogP contribution in [0.4, 0.5) is 0 Å². The Kier molecular flexibility index (Phi) is 7.09. The van der Waals surface area contributed by atoms with E-state index in [1.54, 1.807) is 6.08 Å². The van der Waals surface area contributed by atoms with Crippen molar-refractivity contribution in [2.45, 2.75) is 52.4 Å². The van der Waals surface area contributed by atoms with Crippen molar-refractivity contribution in [3.8, 4) is 0 Å². The maximum absolute atomic E-state index is 11.6. The first-order chi connectivity index (χ1) is 8.72. The predicted octanol–water partition coefficient (Wildman–Crippen LogP) is 4.94. The van der Waals surface area contributed by atoms with Gasteiger partial charge in [0.2, 0.25) is 0 Å². The van der Waals surface area contributed by atoms with E-state index in [2.05, 4.69) is 26.0 Å². The van der Waals surface area contributed by atoms with Gasteiger partial charge >= 0.3 is 0 Å². The average Bonchev–Trinajstić information content (AvgIpc) is 2.38. The quantitative estimate of drug-likeness (QED) is 0.467. The van der Waals surface area contributed by atoms with Gasteiger partial charge in [0, 0.05) is 6.42 Å². The molecule has 0 radical (unpaired) electrons. The molecule has 0 aromatic heterocycles. The van der Waals surface area contributed by atoms with E-state index < -0.39 is 0 Å². The lowest BCUT2D eigenvalue weighted by molar-refractivity contribution is -0.114. The van der Waals surface area contributed by atoms with Crippen LogP contribution in [-0.4, -0.2) is 5.78 Å². The molecule has 0 aliphatic rings. The topological polar surface area (TPSA) is 17.1 Å². The SMILES string of the molecule is CCCCCCCC(=O)/C=C/c1ccc(C)cc1. The van der Waals surface area contributed by atoms with Gasteiger partial charge in [-0.3, -0.25) is 4.79 Å². The van der Waals surface area contributed by atoms with E-state index in [1.165, 1.54) is 31.2 Å². The van der Waals surface area contributed by atoms with E-state index in [9.17, 15) is 4.79 Å². The van der Waals surface area contributed by atoms with Gasteiger partial charge in [0.1, 0.15) is 0 Å². The molecule has 98 valence electrons. The first kappa shape index (κ1) is 14.7. The molecule has 1 aromatic carbocycles. The number of ketones is 1. The molecule has 1 nitrogen and oxygen atoms in total. The highest BCUT2D eigenvalue weighted by molar-refractivity contribution is 5.93. The third-order valence-electron chi connectivity index (χ3n) is 3.07. The largest absolute Gasteiger partial charge is 0.295 e. The van der Waals surface area contributed by atoms with Crippen molar-refractivity contribution < 1.29 is 4.79 Å². The van der Waals surface area contributed by atoms with E-state index in [-0.39, 0.29) is 5.78 Å². The number of hydrogen-bond acceptors (Lipinski definition) is 1. The summed E-state index contributed by atoms with van der Waals surface area (Å²) >= 11 is 0. The molecule has 1 aromatic rings. The maximum atomic E-state index is 11.6. The van der Waals surface area contributed by atoms with E-state index in [0.717, 1.165) is 12.0 Å². The van der Waals surface area contributed by atoms with Crippen molar-refractivity contribution in [1.82, 2.24) is 0 Å². The molecule has 1 heteroatoms. The van der Waals surface area contributed by atoms with Crippen LogP contribution in [0, 0.1) is 6.92 Å². The first-order valence-electron chi connectivity index (χ1n) is 7.00. The standard InChI is InChI=1S/C17H24O/c1-3-4-5-6-7-8-17(18)14-13-16-11-9-15(2)10-12-16/h9-14H,3-8H2,1-2H3/b14-13+. The lowest BCUT2D eigenvalue weighted by atomic mass is 10.1. The minimum atomic E-state index is 0.243. The van der Waals surface area contributed by atoms with Crippen LogP contribution < -0.4 is 0 Å². The number of unbranched alkanes of at least 4 members (excludes halogenated alkanes) is 4. The number of carbonyl (C=O) groups excluding carboxylic acids is 1. The van der Waals surface area contributed by atoms with Crippen LogP contribution in [-0.2, 0) is 4.79 Å². The summed E-state index contributed by atoms with van der Waals surface area (Å²) in [7, 11) is 0. The van der Waals surface area contributed by atoms with Crippen LogP contribution in [0.25, 0.3) is 6.08 Å². The molecule has 0 saturated heterocycles. The summed E-state index contributed by atoms with van der Waals surface area (Å²) in [5, 5.41) is 0. The zero-order valence-corrected chi connectivity index (χ0v) is 11.6. The van der Waals surface area contributed by atoms with Gasteiger partial charge in [0.15, 0.2) is 5.78 Å². The van der Waals surface area contributed by atoms with Gasteiger partial charge in [-0.05, 0) is 25.0 Å². The number of benzene rings is 1. The summed E-state index contributed by atoms with van der Waals surface area (Å²) in [6, 6.07) is 8.21. The van der Waals surface area contributed by atoms with Gasteiger partial charge in [0.25, 0.3) is 0 Å². The van der Waals surface area contributed by atoms with Gasteiger partial charge in [0.05, 0.1) is 0 Å². The molecule has 0 atom stereocenters. The highest BCUT2D eigenvalue weighted by atomic mass is 16.1. The molecule has 0 amide bonds. The van der Waals surface area contributed by atoms with Gasteiger partial charge in [-0.2, -0.15) is 0 Å². The van der Waals surface area contributed by atoms with Gasteiger partial charge in [-0.1, -0.05) is 68.5 Å². The lowest BCUT2D eigenvalue weighted by Gasteiger charge is -1.98. The Morgan fingerprint density at radius 2 is 1.72 bits per heavy atom. The van der Waals surface area contributed by atoms with Crippen LogP contribution in [0.5, 0.6) is 0 Å². The van der Waals surface area contributed by atoms with E-state index in [1.807, 2.05) is 18.2 Å². The number of carbonyl (C=O) groups is 1. The number of allylic oxidation sites excluding steroid dienone is 1. The Bertz CT molecular complexity index is 373. The third-order valence-corrected chi connectivity index (χ3v) is 3.07. The highest BCUT2D eigenvalue weighted by Gasteiger charge is 1.97. The number of hydrogen-bond donors (Lipinski definition) is 0. The Hall–Kier alpha value is -1.37. The molecule has 0 saturated carbocycles. The first-order valence-corrected chi connectivity index (χ1v) is 7.00. The molecule has 0 fully saturated rings. The molecule has 0 N–H and O–H groups in total. The normalized spacial score (nSPS) is 11.0. The number of rotatable bonds is 8. The van der Waals surface area contributed by atoms with Gasteiger partial charge < -0.3 is 0 Å². The van der Waals surface area contributed by atoms with E-state index in [0.29, 0.717) is 6.42 Å². The zero-order chi connectivity index (χ0) is 13.2. The molecular formula is C17H24O. The molecule has 0 unspecified atom stereocenters. The van der Waals surface area contributed by atoms with E-state index >= 15 is 0 Å². The summed E-state index contributed by atoms with van der Waals surface area (Å²) in [6.45, 7) is 4.27. The average molecular weight is 244 g/mol. The predicted molar refractivity (Wildman–Crippen MR) is 78.6 cm³/mol. The Balaban J connectivity index is 2.25. The monoisotopic (exact) mass is 244 g/mol. The van der Waals surface area contributed by atoms with Crippen molar-refractivity contribution in [2.24, 2.45) is 0 Å². The smallest absolute Gasteiger partial charge is 0.155 e. The summed E-state index contributed by atoms with van der Waals surface area (Å²) in [6.07, 6.45) is 10.3. The molecule has 0 aliphatic heterocycles. The molecule has 18 heavy (non-hydrogen) atoms. The van der Waals surface area contributed by atoms with Crippen molar-refractivity contribution in [1.29, 1.82) is 0 Å². The fourth-order valence-electron chi connectivity index (χ4n) is 1.85. The van der Waals surface area contributed by atoms with Gasteiger partial charge in [-0.15, -0.1) is 0 Å². The summed E-state index contributed by atoms with van der Waals surface area (Å²) < 4.78 is 0. The van der Waals surface area contributed by atoms with Crippen molar-refractivity contribution >= 4 is 11.9 Å². The molecule has 1 rings (SSSR count). The van der Waals surface area contributed by atoms with Gasteiger partial charge in [-0.25, -0.2) is 0 Å². The molecule has 0 aliphatic carbocycles. The molecule has 0 spiro atoms. The zero-order valence-electron chi connectivity index (χ0n) is 11.6. The van der Waals surface area contributed by atoms with Crippen LogP contribution in [0.2, 0.25) is 0 Å². The second-order valence-corrected chi connectivity index (χ2v) is 4.87. The lowest BCUT2D eigenvalue weighted by Crippen LogP contribution is -1.92. The fraction of sp³-hybridized carbons (Fsp3) is 0.471. The Morgan fingerprint density at radius 3 is 2.39 bits per heavy atom. The Morgan fingerprint density at radius 1 is 1.06 bits per heavy atom. The van der Waals surface area contributed by atoms with Crippen LogP contribution >= 0.6 is 0 Å². The van der Waals surface area contributed by atoms with Crippen LogP contribution in [0.1, 0.15) is 56.6 Å². The minimum absolute atomic E-state index is 0.243. The maximum Gasteiger partial charge on any atom is 0.155 e. The molecular weight excluding hydrogens is 220 g/mol. The van der Waals surface area contributed by atoms with E-state index in [4.69, 9.17) is 0 Å². The second-order valence-electron chi connectivity index (χ2n) is 4.87. The Labute approximate surface area is 111 Å². The van der Waals surface area contributed by atoms with Crippen molar-refractivity contribution in [2.75, 3.05) is 0 Å². The molecule has 0 heterocycles. The number of aryl methyl sites for hydroxylation is 1. The van der Waals surface area contributed by atoms with Crippen molar-refractivity contribution in [3.05, 3.63) is 41.5 Å². The second kappa shape index (κ2) is 8.68. The van der Waals surface area contributed by atoms with Crippen LogP contribution in [0.15, 0.2) is 30.3 Å². The molecule has 0 bridgehead atoms. The summed E-state index contributed by atoms with van der Waals surface area (Å²) in [5.74, 6) is 0.243.